The Bertz CT molecular complexity index is 1050. The molecule has 4 rings (SSSR count). The van der Waals surface area contributed by atoms with E-state index >= 15 is 0 Å². The lowest BCUT2D eigenvalue weighted by molar-refractivity contribution is 0.0480. The predicted octanol–water partition coefficient (Wildman–Crippen LogP) is 3.56. The van der Waals surface area contributed by atoms with Crippen LogP contribution in [0.15, 0.2) is 45.8 Å². The van der Waals surface area contributed by atoms with Crippen molar-refractivity contribution in [3.05, 3.63) is 52.5 Å². The molecular formula is C21H23BrF2N2O4S. The van der Waals surface area contributed by atoms with Gasteiger partial charge in [0.05, 0.1) is 0 Å². The third kappa shape index (κ3) is 5.54. The first-order chi connectivity index (χ1) is 14.8. The maximum absolute atomic E-state index is 13.8. The van der Waals surface area contributed by atoms with Gasteiger partial charge in [0, 0.05) is 23.6 Å². The Labute approximate surface area is 188 Å². The molecule has 168 valence electrons. The van der Waals surface area contributed by atoms with Gasteiger partial charge in [0.15, 0.2) is 11.5 Å². The maximum Gasteiger partial charge on any atom is 0.243 e. The second-order valence-corrected chi connectivity index (χ2v) is 10.5. The Hall–Kier alpha value is -1.75. The highest BCUT2D eigenvalue weighted by molar-refractivity contribution is 9.10. The number of hydrogen-bond donors (Lipinski definition) is 1. The van der Waals surface area contributed by atoms with E-state index in [1.807, 2.05) is 18.2 Å². The van der Waals surface area contributed by atoms with Crippen LogP contribution < -0.4 is 14.2 Å². The van der Waals surface area contributed by atoms with E-state index in [1.54, 1.807) is 0 Å². The summed E-state index contributed by atoms with van der Waals surface area (Å²) < 4.78 is 66.7. The van der Waals surface area contributed by atoms with Crippen LogP contribution in [0, 0.1) is 17.6 Å². The van der Waals surface area contributed by atoms with Crippen molar-refractivity contribution < 1.29 is 26.7 Å². The van der Waals surface area contributed by atoms with Gasteiger partial charge >= 0.3 is 0 Å². The quantitative estimate of drug-likeness (QED) is 0.635. The summed E-state index contributed by atoms with van der Waals surface area (Å²) in [6, 6.07) is 8.12. The molecule has 0 bridgehead atoms. The van der Waals surface area contributed by atoms with Crippen molar-refractivity contribution in [3.63, 3.8) is 0 Å². The zero-order valence-electron chi connectivity index (χ0n) is 16.7. The van der Waals surface area contributed by atoms with E-state index in [1.165, 1.54) is 0 Å². The van der Waals surface area contributed by atoms with Crippen molar-refractivity contribution in [2.75, 3.05) is 32.8 Å². The van der Waals surface area contributed by atoms with Gasteiger partial charge in [-0.2, -0.15) is 0 Å². The van der Waals surface area contributed by atoms with Crippen LogP contribution in [0.4, 0.5) is 8.78 Å². The van der Waals surface area contributed by atoms with Gasteiger partial charge in [0.25, 0.3) is 0 Å². The van der Waals surface area contributed by atoms with Crippen molar-refractivity contribution in [1.29, 1.82) is 0 Å². The Morgan fingerprint density at radius 3 is 2.61 bits per heavy atom. The molecule has 31 heavy (non-hydrogen) atoms. The zero-order chi connectivity index (χ0) is 22.0. The topological polar surface area (TPSA) is 67.9 Å². The lowest BCUT2D eigenvalue weighted by Crippen LogP contribution is -2.45. The molecule has 0 radical (unpaired) electrons. The molecule has 0 spiro atoms. The number of nitrogens with zero attached hydrogens (tertiary/aromatic N) is 1. The van der Waals surface area contributed by atoms with Gasteiger partial charge in [-0.3, -0.25) is 4.90 Å². The van der Waals surface area contributed by atoms with Gasteiger partial charge in [0.1, 0.15) is 29.2 Å². The predicted molar refractivity (Wildman–Crippen MR) is 115 cm³/mol. The average molecular weight is 517 g/mol. The van der Waals surface area contributed by atoms with Crippen LogP contribution in [0.2, 0.25) is 0 Å². The molecule has 1 saturated heterocycles. The molecule has 0 aliphatic carbocycles. The molecule has 2 aromatic carbocycles. The van der Waals surface area contributed by atoms with E-state index < -0.39 is 26.6 Å². The summed E-state index contributed by atoms with van der Waals surface area (Å²) in [5, 5.41) is 0. The smallest absolute Gasteiger partial charge is 0.243 e. The molecule has 0 saturated carbocycles. The molecule has 2 aliphatic heterocycles. The van der Waals surface area contributed by atoms with Crippen LogP contribution in [0.1, 0.15) is 12.8 Å². The number of sulfonamides is 1. The summed E-state index contributed by atoms with van der Waals surface area (Å²) >= 11 is 3.43. The van der Waals surface area contributed by atoms with Crippen molar-refractivity contribution >= 4 is 26.0 Å². The third-order valence-electron chi connectivity index (χ3n) is 5.54. The summed E-state index contributed by atoms with van der Waals surface area (Å²) in [5.41, 5.74) is 0. The third-order valence-corrected chi connectivity index (χ3v) is 7.49. The highest BCUT2D eigenvalue weighted by Crippen LogP contribution is 2.34. The van der Waals surface area contributed by atoms with Crippen LogP contribution in [-0.2, 0) is 10.0 Å². The van der Waals surface area contributed by atoms with E-state index in [4.69, 9.17) is 9.47 Å². The van der Waals surface area contributed by atoms with Crippen LogP contribution in [-0.4, -0.2) is 52.2 Å². The molecule has 10 heteroatoms. The fraction of sp³-hybridized carbons (Fsp3) is 0.429. The first kappa shape index (κ1) is 22.4. The van der Waals surface area contributed by atoms with Gasteiger partial charge in [-0.15, -0.1) is 0 Å². The van der Waals surface area contributed by atoms with Crippen LogP contribution in [0.3, 0.4) is 0 Å². The van der Waals surface area contributed by atoms with Crippen molar-refractivity contribution in [1.82, 2.24) is 9.62 Å². The summed E-state index contributed by atoms with van der Waals surface area (Å²) in [6.07, 6.45) is 1.55. The fourth-order valence-electron chi connectivity index (χ4n) is 3.84. The van der Waals surface area contributed by atoms with Gasteiger partial charge in [-0.1, -0.05) is 15.9 Å². The molecule has 1 N–H and O–H groups in total. The standard InChI is InChI=1S/C21H23BrF2N2O4S/c22-15-1-3-19-20(9-15)30-17(13-29-19)12-26-7-5-14(6-8-26)11-25-31(27,28)21-4-2-16(23)10-18(21)24/h1-4,9-10,14,17,25H,5-8,11-13H2/t17-/m0/s1. The largest absolute Gasteiger partial charge is 0.486 e. The highest BCUT2D eigenvalue weighted by atomic mass is 79.9. The number of likely N-dealkylation sites (tertiary alicyclic amines) is 1. The van der Waals surface area contributed by atoms with E-state index in [2.05, 4.69) is 25.6 Å². The van der Waals surface area contributed by atoms with E-state index in [0.29, 0.717) is 12.7 Å². The first-order valence-electron chi connectivity index (χ1n) is 10.1. The van der Waals surface area contributed by atoms with Crippen molar-refractivity contribution in [3.8, 4) is 11.5 Å². The normalized spacial score (nSPS) is 20.0. The number of ether oxygens (including phenoxy) is 2. The van der Waals surface area contributed by atoms with E-state index in [-0.39, 0.29) is 18.6 Å². The molecule has 2 aliphatic rings. The zero-order valence-corrected chi connectivity index (χ0v) is 19.1. The lowest BCUT2D eigenvalue weighted by atomic mass is 9.97. The van der Waals surface area contributed by atoms with Gasteiger partial charge in [0.2, 0.25) is 10.0 Å². The second kappa shape index (κ2) is 9.40. The summed E-state index contributed by atoms with van der Waals surface area (Å²) in [5.74, 6) is -0.293. The van der Waals surface area contributed by atoms with Gasteiger partial charge < -0.3 is 9.47 Å². The number of benzene rings is 2. The molecular weight excluding hydrogens is 494 g/mol. The van der Waals surface area contributed by atoms with Gasteiger partial charge in [-0.25, -0.2) is 21.9 Å². The van der Waals surface area contributed by atoms with Crippen LogP contribution >= 0.6 is 15.9 Å². The molecule has 0 aromatic heterocycles. The number of hydrogen-bond acceptors (Lipinski definition) is 5. The Balaban J connectivity index is 1.25. The maximum atomic E-state index is 13.8. The summed E-state index contributed by atoms with van der Waals surface area (Å²) in [4.78, 5) is 1.74. The minimum atomic E-state index is -4.02. The molecule has 2 aromatic rings. The molecule has 1 fully saturated rings. The number of halogens is 3. The van der Waals surface area contributed by atoms with E-state index in [9.17, 15) is 17.2 Å². The average Bonchev–Trinajstić information content (AvgIpc) is 2.73. The number of nitrogens with one attached hydrogen (secondary N) is 1. The van der Waals surface area contributed by atoms with Crippen LogP contribution in [0.25, 0.3) is 0 Å². The second-order valence-electron chi connectivity index (χ2n) is 7.81. The number of fused-ring (bicyclic) bond motifs is 1. The SMILES string of the molecule is O=S(=O)(NCC1CCN(C[C@H]2COc3ccc(Br)cc3O2)CC1)c1ccc(F)cc1F. The Kier molecular flexibility index (Phi) is 6.80. The summed E-state index contributed by atoms with van der Waals surface area (Å²) in [6.45, 7) is 3.05. The summed E-state index contributed by atoms with van der Waals surface area (Å²) in [7, 11) is -4.02. The molecule has 2 heterocycles. The Morgan fingerprint density at radius 2 is 1.87 bits per heavy atom. The minimum absolute atomic E-state index is 0.0710. The monoisotopic (exact) mass is 516 g/mol. The minimum Gasteiger partial charge on any atom is -0.486 e. The van der Waals surface area contributed by atoms with Crippen LogP contribution in [0.5, 0.6) is 11.5 Å². The Morgan fingerprint density at radius 1 is 1.10 bits per heavy atom. The highest BCUT2D eigenvalue weighted by Gasteiger charge is 2.27. The molecule has 0 unspecified atom stereocenters. The first-order valence-corrected chi connectivity index (χ1v) is 12.3. The molecule has 6 nitrogen and oxygen atoms in total. The fourth-order valence-corrected chi connectivity index (χ4v) is 5.35. The van der Waals surface area contributed by atoms with Crippen molar-refractivity contribution in [2.24, 2.45) is 5.92 Å². The van der Waals surface area contributed by atoms with Gasteiger partial charge in [-0.05, 0) is 62.2 Å². The van der Waals surface area contributed by atoms with E-state index in [0.717, 1.165) is 60.6 Å². The molecule has 1 atom stereocenters. The van der Waals surface area contributed by atoms with Crippen molar-refractivity contribution in [2.45, 2.75) is 23.8 Å². The lowest BCUT2D eigenvalue weighted by Gasteiger charge is -2.35. The number of piperidine rings is 1. The number of rotatable bonds is 6. The molecule has 0 amide bonds.